The molecule has 23 heavy (non-hydrogen) atoms. The monoisotopic (exact) mass is 339 g/mol. The van der Waals surface area contributed by atoms with Gasteiger partial charge < -0.3 is 19.7 Å². The van der Waals surface area contributed by atoms with Gasteiger partial charge >= 0.3 is 5.97 Å². The van der Waals surface area contributed by atoms with Crippen LogP contribution < -0.4 is 5.32 Å². The average molecular weight is 339 g/mol. The third-order valence-corrected chi connectivity index (χ3v) is 3.66. The van der Waals surface area contributed by atoms with Gasteiger partial charge in [-0.1, -0.05) is 11.2 Å². The van der Waals surface area contributed by atoms with Crippen molar-refractivity contribution < 1.29 is 24.0 Å². The second-order valence-corrected chi connectivity index (χ2v) is 5.59. The van der Waals surface area contributed by atoms with E-state index >= 15 is 0 Å². The Labute approximate surface area is 136 Å². The highest BCUT2D eigenvalue weighted by Crippen LogP contribution is 2.21. The maximum Gasteiger partial charge on any atom is 0.329 e. The van der Waals surface area contributed by atoms with Crippen molar-refractivity contribution in [3.8, 4) is 10.7 Å². The third kappa shape index (κ3) is 6.17. The molecule has 2 aromatic heterocycles. The first-order valence-electron chi connectivity index (χ1n) is 7.08. The second-order valence-electron chi connectivity index (χ2n) is 4.64. The summed E-state index contributed by atoms with van der Waals surface area (Å²) in [6.07, 6.45) is 1.45. The summed E-state index contributed by atoms with van der Waals surface area (Å²) in [5.41, 5.74) is 0. The number of nitrogens with one attached hydrogen (secondary N) is 1. The fourth-order valence-electron chi connectivity index (χ4n) is 1.77. The Hall–Kier alpha value is -2.26. The average Bonchev–Trinajstić information content (AvgIpc) is 3.17. The largest absolute Gasteiger partial charge is 0.480 e. The Kier molecular flexibility index (Phi) is 6.70. The van der Waals surface area contributed by atoms with Crippen LogP contribution in [-0.4, -0.2) is 46.9 Å². The fourth-order valence-corrected chi connectivity index (χ4v) is 2.42. The Morgan fingerprint density at radius 3 is 3.04 bits per heavy atom. The zero-order chi connectivity index (χ0) is 16.5. The summed E-state index contributed by atoms with van der Waals surface area (Å²) in [7, 11) is 0. The smallest absolute Gasteiger partial charge is 0.329 e. The van der Waals surface area contributed by atoms with E-state index in [-0.39, 0.29) is 25.7 Å². The molecule has 0 spiro atoms. The standard InChI is InChI=1S/C14H17N3O5S/c18-11(15-6-7-21-9-13(19)20)4-1-5-12-16-14(17-22-12)10-3-2-8-23-10/h2-3,8H,1,4-7,9H2,(H,15,18)(H,19,20). The zero-order valence-electron chi connectivity index (χ0n) is 12.4. The normalized spacial score (nSPS) is 10.6. The molecule has 0 saturated heterocycles. The molecular weight excluding hydrogens is 322 g/mol. The summed E-state index contributed by atoms with van der Waals surface area (Å²) in [5.74, 6) is -0.0826. The van der Waals surface area contributed by atoms with Crippen molar-refractivity contribution in [2.45, 2.75) is 19.3 Å². The van der Waals surface area contributed by atoms with Crippen LogP contribution >= 0.6 is 11.3 Å². The molecule has 0 saturated carbocycles. The van der Waals surface area contributed by atoms with E-state index in [0.717, 1.165) is 4.88 Å². The fraction of sp³-hybridized carbons (Fsp3) is 0.429. The number of carboxylic acid groups (broad SMARTS) is 1. The van der Waals surface area contributed by atoms with E-state index in [1.165, 1.54) is 11.3 Å². The lowest BCUT2D eigenvalue weighted by Gasteiger charge is -2.04. The minimum Gasteiger partial charge on any atom is -0.480 e. The van der Waals surface area contributed by atoms with Crippen molar-refractivity contribution >= 4 is 23.2 Å². The molecule has 0 bridgehead atoms. The van der Waals surface area contributed by atoms with Crippen molar-refractivity contribution in [2.24, 2.45) is 0 Å². The number of rotatable bonds is 10. The number of thiophene rings is 1. The number of aliphatic carboxylic acids is 1. The van der Waals surface area contributed by atoms with Gasteiger partial charge in [0.1, 0.15) is 6.61 Å². The number of aryl methyl sites for hydroxylation is 1. The summed E-state index contributed by atoms with van der Waals surface area (Å²) in [6, 6.07) is 3.83. The van der Waals surface area contributed by atoms with E-state index in [1.54, 1.807) is 0 Å². The Balaban J connectivity index is 1.59. The van der Waals surface area contributed by atoms with Gasteiger partial charge in [-0.25, -0.2) is 4.79 Å². The predicted octanol–water partition coefficient (Wildman–Crippen LogP) is 1.34. The molecule has 2 heterocycles. The van der Waals surface area contributed by atoms with Gasteiger partial charge in [0.05, 0.1) is 11.5 Å². The number of hydrogen-bond donors (Lipinski definition) is 2. The Bertz CT molecular complexity index is 626. The molecule has 0 aliphatic heterocycles. The van der Waals surface area contributed by atoms with Crippen LogP contribution in [0, 0.1) is 0 Å². The molecule has 0 aliphatic rings. The molecule has 0 atom stereocenters. The SMILES string of the molecule is O=C(O)COCCNC(=O)CCCc1nc(-c2cccs2)no1. The molecule has 0 unspecified atom stereocenters. The molecule has 2 rings (SSSR count). The van der Waals surface area contributed by atoms with Crippen LogP contribution in [0.25, 0.3) is 10.7 Å². The number of nitrogens with zero attached hydrogens (tertiary/aromatic N) is 2. The van der Waals surface area contributed by atoms with Crippen LogP contribution in [0.2, 0.25) is 0 Å². The van der Waals surface area contributed by atoms with Gasteiger partial charge in [0, 0.05) is 19.4 Å². The molecule has 8 nitrogen and oxygen atoms in total. The number of amides is 1. The number of carbonyl (C=O) groups is 2. The number of carbonyl (C=O) groups excluding carboxylic acids is 1. The molecule has 124 valence electrons. The van der Waals surface area contributed by atoms with Gasteiger partial charge in [-0.3, -0.25) is 4.79 Å². The summed E-state index contributed by atoms with van der Waals surface area (Å²) in [5, 5.41) is 16.9. The number of hydrogen-bond acceptors (Lipinski definition) is 7. The molecule has 9 heteroatoms. The van der Waals surface area contributed by atoms with Crippen molar-refractivity contribution in [2.75, 3.05) is 19.8 Å². The van der Waals surface area contributed by atoms with Crippen molar-refractivity contribution in [3.05, 3.63) is 23.4 Å². The highest BCUT2D eigenvalue weighted by atomic mass is 32.1. The van der Waals surface area contributed by atoms with Crippen LogP contribution in [0.4, 0.5) is 0 Å². The first-order chi connectivity index (χ1) is 11.1. The number of ether oxygens (including phenoxy) is 1. The minimum absolute atomic E-state index is 0.123. The second kappa shape index (κ2) is 9.01. The molecule has 2 N–H and O–H groups in total. The van der Waals surface area contributed by atoms with Gasteiger partial charge in [-0.2, -0.15) is 4.98 Å². The summed E-state index contributed by atoms with van der Waals surface area (Å²) in [6.45, 7) is 0.0979. The first kappa shape index (κ1) is 17.1. The number of carboxylic acids is 1. The van der Waals surface area contributed by atoms with Gasteiger partial charge in [-0.05, 0) is 17.9 Å². The van der Waals surface area contributed by atoms with E-state index < -0.39 is 5.97 Å². The van der Waals surface area contributed by atoms with Crippen LogP contribution in [0.3, 0.4) is 0 Å². The van der Waals surface area contributed by atoms with E-state index in [0.29, 0.717) is 31.0 Å². The van der Waals surface area contributed by atoms with E-state index in [9.17, 15) is 9.59 Å². The first-order valence-corrected chi connectivity index (χ1v) is 7.96. The molecule has 1 amide bonds. The third-order valence-electron chi connectivity index (χ3n) is 2.80. The lowest BCUT2D eigenvalue weighted by molar-refractivity contribution is -0.142. The van der Waals surface area contributed by atoms with Gasteiger partial charge in [0.2, 0.25) is 17.6 Å². The van der Waals surface area contributed by atoms with Gasteiger partial charge in [0.15, 0.2) is 0 Å². The molecule has 0 fully saturated rings. The summed E-state index contributed by atoms with van der Waals surface area (Å²) >= 11 is 1.54. The Morgan fingerprint density at radius 2 is 2.30 bits per heavy atom. The van der Waals surface area contributed by atoms with Crippen LogP contribution in [0.5, 0.6) is 0 Å². The lowest BCUT2D eigenvalue weighted by Crippen LogP contribution is -2.27. The maximum atomic E-state index is 11.6. The minimum atomic E-state index is -1.03. The van der Waals surface area contributed by atoms with Crippen LogP contribution in [0.1, 0.15) is 18.7 Å². The van der Waals surface area contributed by atoms with Crippen LogP contribution in [0.15, 0.2) is 22.0 Å². The van der Waals surface area contributed by atoms with E-state index in [1.807, 2.05) is 17.5 Å². The molecular formula is C14H17N3O5S. The van der Waals surface area contributed by atoms with E-state index in [2.05, 4.69) is 15.5 Å². The maximum absolute atomic E-state index is 11.6. The zero-order valence-corrected chi connectivity index (χ0v) is 13.2. The topological polar surface area (TPSA) is 115 Å². The van der Waals surface area contributed by atoms with Gasteiger partial charge in [-0.15, -0.1) is 11.3 Å². The highest BCUT2D eigenvalue weighted by Gasteiger charge is 2.10. The quantitative estimate of drug-likeness (QED) is 0.628. The summed E-state index contributed by atoms with van der Waals surface area (Å²) in [4.78, 5) is 27.0. The summed E-state index contributed by atoms with van der Waals surface area (Å²) < 4.78 is 9.95. The van der Waals surface area contributed by atoms with Crippen molar-refractivity contribution in [1.29, 1.82) is 0 Å². The number of aromatic nitrogens is 2. The molecule has 0 aromatic carbocycles. The highest BCUT2D eigenvalue weighted by molar-refractivity contribution is 7.13. The predicted molar refractivity (Wildman–Crippen MR) is 82.0 cm³/mol. The van der Waals surface area contributed by atoms with Gasteiger partial charge in [0.25, 0.3) is 0 Å². The molecule has 2 aromatic rings. The van der Waals surface area contributed by atoms with Crippen LogP contribution in [-0.2, 0) is 20.7 Å². The van der Waals surface area contributed by atoms with E-state index in [4.69, 9.17) is 14.4 Å². The molecule has 0 aliphatic carbocycles. The Morgan fingerprint density at radius 1 is 1.43 bits per heavy atom. The molecule has 0 radical (unpaired) electrons. The lowest BCUT2D eigenvalue weighted by atomic mass is 10.2. The van der Waals surface area contributed by atoms with Crippen molar-refractivity contribution in [3.63, 3.8) is 0 Å². The van der Waals surface area contributed by atoms with Crippen molar-refractivity contribution in [1.82, 2.24) is 15.5 Å².